The number of anilines is 1. The Morgan fingerprint density at radius 2 is 1.95 bits per heavy atom. The van der Waals surface area contributed by atoms with Crippen molar-refractivity contribution in [2.75, 3.05) is 24.5 Å². The molecule has 1 aliphatic rings. The summed E-state index contributed by atoms with van der Waals surface area (Å²) in [6, 6.07) is 8.42. The smallest absolute Gasteiger partial charge is 0.350 e. The standard InChI is InChI=1S/C31H29F2N7O2/c1-6-24(41)38-12-13-39(19(5)16-38)29-21-14-23(33)27(25-20(15-34)8-7-9-22(25)32)36-30(21)40(31(42)37-29)28-18(4)10-11-35-26(28)17(2)3/h6-11,14,17,19H,1,12-13,16H2,2-5H3/t19-/m0/s1. The van der Waals surface area contributed by atoms with E-state index in [1.54, 1.807) is 17.2 Å². The average Bonchev–Trinajstić information content (AvgIpc) is 2.96. The molecule has 1 aliphatic heterocycles. The fourth-order valence-corrected chi connectivity index (χ4v) is 5.45. The fourth-order valence-electron chi connectivity index (χ4n) is 5.45. The highest BCUT2D eigenvalue weighted by molar-refractivity contribution is 5.91. The van der Waals surface area contributed by atoms with Gasteiger partial charge in [0, 0.05) is 31.9 Å². The van der Waals surface area contributed by atoms with Crippen LogP contribution in [0.4, 0.5) is 14.6 Å². The molecule has 5 rings (SSSR count). The van der Waals surface area contributed by atoms with Crippen LogP contribution < -0.4 is 10.6 Å². The molecule has 1 fully saturated rings. The second-order valence-corrected chi connectivity index (χ2v) is 10.6. The van der Waals surface area contributed by atoms with Crippen molar-refractivity contribution < 1.29 is 13.6 Å². The molecule has 0 radical (unpaired) electrons. The van der Waals surface area contributed by atoms with Gasteiger partial charge in [0.05, 0.1) is 34.0 Å². The Morgan fingerprint density at radius 3 is 2.62 bits per heavy atom. The van der Waals surface area contributed by atoms with Crippen LogP contribution in [-0.4, -0.2) is 56.0 Å². The van der Waals surface area contributed by atoms with Crippen LogP contribution in [-0.2, 0) is 4.79 Å². The molecule has 3 aromatic heterocycles. The van der Waals surface area contributed by atoms with Gasteiger partial charge in [0.2, 0.25) is 5.91 Å². The molecule has 4 heterocycles. The molecule has 0 N–H and O–H groups in total. The van der Waals surface area contributed by atoms with Gasteiger partial charge >= 0.3 is 5.69 Å². The number of nitrogens with zero attached hydrogens (tertiary/aromatic N) is 7. The van der Waals surface area contributed by atoms with E-state index < -0.39 is 23.0 Å². The summed E-state index contributed by atoms with van der Waals surface area (Å²) in [7, 11) is 0. The zero-order valence-electron chi connectivity index (χ0n) is 23.7. The van der Waals surface area contributed by atoms with Crippen molar-refractivity contribution >= 4 is 22.8 Å². The Labute approximate surface area is 241 Å². The van der Waals surface area contributed by atoms with E-state index in [2.05, 4.69) is 21.5 Å². The first-order chi connectivity index (χ1) is 20.1. The number of aryl methyl sites for hydroxylation is 1. The summed E-state index contributed by atoms with van der Waals surface area (Å²) in [4.78, 5) is 43.1. The Hall–Kier alpha value is -4.98. The van der Waals surface area contributed by atoms with Crippen LogP contribution in [0.3, 0.4) is 0 Å². The topological polar surface area (TPSA) is 108 Å². The average molecular weight is 570 g/mol. The number of amides is 1. The summed E-state index contributed by atoms with van der Waals surface area (Å²) < 4.78 is 32.3. The van der Waals surface area contributed by atoms with Crippen LogP contribution >= 0.6 is 0 Å². The largest absolute Gasteiger partial charge is 0.355 e. The second-order valence-electron chi connectivity index (χ2n) is 10.6. The molecule has 0 saturated carbocycles. The number of fused-ring (bicyclic) bond motifs is 1. The molecule has 42 heavy (non-hydrogen) atoms. The number of halogens is 2. The van der Waals surface area contributed by atoms with Crippen LogP contribution in [0.2, 0.25) is 0 Å². The minimum Gasteiger partial charge on any atom is -0.350 e. The highest BCUT2D eigenvalue weighted by Gasteiger charge is 2.31. The number of hydrogen-bond acceptors (Lipinski definition) is 7. The number of aromatic nitrogens is 4. The van der Waals surface area contributed by atoms with E-state index in [1.165, 1.54) is 28.8 Å². The summed E-state index contributed by atoms with van der Waals surface area (Å²) in [6.45, 7) is 12.1. The number of carbonyl (C=O) groups excluding carboxylic acids is 1. The van der Waals surface area contributed by atoms with Crippen LogP contribution in [0.5, 0.6) is 0 Å². The molecule has 0 spiro atoms. The first-order valence-electron chi connectivity index (χ1n) is 13.5. The van der Waals surface area contributed by atoms with Crippen molar-refractivity contribution in [3.8, 4) is 23.0 Å². The van der Waals surface area contributed by atoms with E-state index in [0.29, 0.717) is 36.6 Å². The van der Waals surface area contributed by atoms with Crippen molar-refractivity contribution in [2.24, 2.45) is 0 Å². The molecular weight excluding hydrogens is 540 g/mol. The van der Waals surface area contributed by atoms with E-state index in [1.807, 2.05) is 38.7 Å². The third-order valence-corrected chi connectivity index (χ3v) is 7.48. The summed E-state index contributed by atoms with van der Waals surface area (Å²) in [5.74, 6) is -1.80. The van der Waals surface area contributed by atoms with Gasteiger partial charge in [-0.2, -0.15) is 10.2 Å². The summed E-state index contributed by atoms with van der Waals surface area (Å²) in [6.07, 6.45) is 2.89. The van der Waals surface area contributed by atoms with Crippen LogP contribution in [0.1, 0.15) is 43.5 Å². The normalized spacial score (nSPS) is 15.2. The van der Waals surface area contributed by atoms with Gasteiger partial charge in [0.15, 0.2) is 11.5 Å². The van der Waals surface area contributed by atoms with Gasteiger partial charge in [0.1, 0.15) is 17.3 Å². The Balaban J connectivity index is 1.85. The van der Waals surface area contributed by atoms with Crippen LogP contribution in [0.25, 0.3) is 28.0 Å². The zero-order chi connectivity index (χ0) is 30.3. The number of nitriles is 1. The SMILES string of the molecule is C=CC(=O)N1CCN(c2nc(=O)n(-c3c(C)ccnc3C(C)C)c3nc(-c4c(F)cccc4C#N)c(F)cc23)[C@@H](C)C1. The van der Waals surface area contributed by atoms with Crippen molar-refractivity contribution in [3.63, 3.8) is 0 Å². The fraction of sp³-hybridized carbons (Fsp3) is 0.290. The van der Waals surface area contributed by atoms with Gasteiger partial charge < -0.3 is 9.80 Å². The van der Waals surface area contributed by atoms with Gasteiger partial charge in [-0.3, -0.25) is 9.78 Å². The van der Waals surface area contributed by atoms with Gasteiger partial charge in [-0.15, -0.1) is 0 Å². The summed E-state index contributed by atoms with van der Waals surface area (Å²) >= 11 is 0. The number of benzene rings is 1. The molecule has 0 aliphatic carbocycles. The van der Waals surface area contributed by atoms with Gasteiger partial charge in [-0.05, 0) is 55.7 Å². The predicted octanol–water partition coefficient (Wildman–Crippen LogP) is 4.65. The first kappa shape index (κ1) is 28.5. The lowest BCUT2D eigenvalue weighted by molar-refractivity contribution is -0.126. The molecule has 1 amide bonds. The van der Waals surface area contributed by atoms with E-state index in [4.69, 9.17) is 0 Å². The van der Waals surface area contributed by atoms with Crippen molar-refractivity contribution in [1.29, 1.82) is 5.26 Å². The summed E-state index contributed by atoms with van der Waals surface area (Å²) in [5.41, 5.74) is 0.353. The van der Waals surface area contributed by atoms with Gasteiger partial charge in [0.25, 0.3) is 0 Å². The maximum absolute atomic E-state index is 15.9. The Kier molecular flexibility index (Phi) is 7.56. The van der Waals surface area contributed by atoms with E-state index >= 15 is 8.78 Å². The number of rotatable bonds is 5. The lowest BCUT2D eigenvalue weighted by Crippen LogP contribution is -2.54. The number of hydrogen-bond donors (Lipinski definition) is 0. The molecule has 214 valence electrons. The molecule has 0 unspecified atom stereocenters. The van der Waals surface area contributed by atoms with E-state index in [0.717, 1.165) is 6.07 Å². The molecule has 11 heteroatoms. The van der Waals surface area contributed by atoms with Crippen LogP contribution in [0.15, 0.2) is 54.0 Å². The van der Waals surface area contributed by atoms with Crippen LogP contribution in [0, 0.1) is 29.9 Å². The van der Waals surface area contributed by atoms with E-state index in [9.17, 15) is 14.9 Å². The third kappa shape index (κ3) is 4.79. The lowest BCUT2D eigenvalue weighted by atomic mass is 10.0. The minimum atomic E-state index is -0.877. The number of pyridine rings is 2. The van der Waals surface area contributed by atoms with Crippen molar-refractivity contribution in [2.45, 2.75) is 39.7 Å². The molecule has 9 nitrogen and oxygen atoms in total. The molecular formula is C31H29F2N7O2. The highest BCUT2D eigenvalue weighted by Crippen LogP contribution is 2.35. The molecule has 0 bridgehead atoms. The molecule has 1 aromatic carbocycles. The minimum absolute atomic E-state index is 0.0448. The predicted molar refractivity (Wildman–Crippen MR) is 155 cm³/mol. The monoisotopic (exact) mass is 569 g/mol. The second kappa shape index (κ2) is 11.1. The lowest BCUT2D eigenvalue weighted by Gasteiger charge is -2.40. The zero-order valence-corrected chi connectivity index (χ0v) is 23.7. The Morgan fingerprint density at radius 1 is 1.19 bits per heavy atom. The third-order valence-electron chi connectivity index (χ3n) is 7.48. The van der Waals surface area contributed by atoms with Gasteiger partial charge in [-0.25, -0.2) is 23.1 Å². The maximum atomic E-state index is 15.9. The molecule has 1 atom stereocenters. The van der Waals surface area contributed by atoms with Gasteiger partial charge in [-0.1, -0.05) is 26.5 Å². The summed E-state index contributed by atoms with van der Waals surface area (Å²) in [5, 5.41) is 9.88. The molecule has 1 saturated heterocycles. The Bertz CT molecular complexity index is 1840. The number of carbonyl (C=O) groups is 1. The molecule has 4 aromatic rings. The van der Waals surface area contributed by atoms with Crippen molar-refractivity contribution in [1.82, 2.24) is 24.4 Å². The maximum Gasteiger partial charge on any atom is 0.355 e. The highest BCUT2D eigenvalue weighted by atomic mass is 19.1. The first-order valence-corrected chi connectivity index (χ1v) is 13.5. The van der Waals surface area contributed by atoms with E-state index in [-0.39, 0.29) is 45.8 Å². The van der Waals surface area contributed by atoms with Crippen molar-refractivity contribution in [3.05, 3.63) is 88.1 Å². The number of piperazine rings is 1. The quantitative estimate of drug-likeness (QED) is 0.322.